The molecule has 0 unspecified atom stereocenters. The lowest BCUT2D eigenvalue weighted by molar-refractivity contribution is 0.289. The van der Waals surface area contributed by atoms with Crippen LogP contribution in [0, 0.1) is 6.92 Å². The molecule has 0 N–H and O–H groups in total. The lowest BCUT2D eigenvalue weighted by Gasteiger charge is -2.31. The summed E-state index contributed by atoms with van der Waals surface area (Å²) in [6.07, 6.45) is 0. The number of benzene rings is 3. The highest BCUT2D eigenvalue weighted by molar-refractivity contribution is 6.31. The molecule has 0 bridgehead atoms. The minimum absolute atomic E-state index is 0.375. The van der Waals surface area contributed by atoms with E-state index in [1.807, 2.05) is 67.6 Å². The molecule has 5 rings (SSSR count). The van der Waals surface area contributed by atoms with E-state index in [0.29, 0.717) is 23.9 Å². The van der Waals surface area contributed by atoms with Crippen molar-refractivity contribution in [1.82, 2.24) is 0 Å². The van der Waals surface area contributed by atoms with Gasteiger partial charge in [0.1, 0.15) is 11.3 Å². The second-order valence-electron chi connectivity index (χ2n) is 7.17. The van der Waals surface area contributed by atoms with E-state index in [-0.39, 0.29) is 5.63 Å². The van der Waals surface area contributed by atoms with Gasteiger partial charge in [-0.2, -0.15) is 0 Å². The molecule has 3 aromatic carbocycles. The lowest BCUT2D eigenvalue weighted by Crippen LogP contribution is -2.32. The zero-order chi connectivity index (χ0) is 20.0. The molecule has 5 heteroatoms. The molecule has 4 nitrogen and oxygen atoms in total. The van der Waals surface area contributed by atoms with Crippen molar-refractivity contribution < 1.29 is 9.15 Å². The minimum atomic E-state index is -0.375. The van der Waals surface area contributed by atoms with Crippen LogP contribution in [0.25, 0.3) is 22.1 Å². The Balaban J connectivity index is 1.65. The van der Waals surface area contributed by atoms with Crippen LogP contribution < -0.4 is 15.3 Å². The highest BCUT2D eigenvalue weighted by atomic mass is 35.5. The van der Waals surface area contributed by atoms with Crippen molar-refractivity contribution in [3.05, 3.63) is 93.3 Å². The van der Waals surface area contributed by atoms with E-state index in [1.165, 1.54) is 0 Å². The van der Waals surface area contributed by atoms with E-state index in [2.05, 4.69) is 4.90 Å². The van der Waals surface area contributed by atoms with E-state index in [4.69, 9.17) is 20.8 Å². The number of hydrogen-bond donors (Lipinski definition) is 0. The molecule has 0 fully saturated rings. The first-order chi connectivity index (χ1) is 14.1. The van der Waals surface area contributed by atoms with Crippen molar-refractivity contribution in [3.8, 4) is 16.9 Å². The standard InChI is InChI=1S/C24H18ClNO3/c1-15-7-8-17(11-21(15)25)26-13-20-22(28-14-26)10-9-18-19(12-23(27)29-24(18)20)16-5-3-2-4-6-16/h2-12H,13-14H2,1H3. The van der Waals surface area contributed by atoms with Crippen LogP contribution in [0.4, 0.5) is 5.69 Å². The molecule has 1 aromatic heterocycles. The van der Waals surface area contributed by atoms with E-state index < -0.39 is 0 Å². The fourth-order valence-corrected chi connectivity index (χ4v) is 3.91. The monoisotopic (exact) mass is 403 g/mol. The van der Waals surface area contributed by atoms with Gasteiger partial charge in [0.15, 0.2) is 6.73 Å². The fraction of sp³-hybridized carbons (Fsp3) is 0.125. The van der Waals surface area contributed by atoms with Gasteiger partial charge in [0.05, 0.1) is 12.1 Å². The first-order valence-electron chi connectivity index (χ1n) is 9.39. The molecule has 0 aliphatic carbocycles. The summed E-state index contributed by atoms with van der Waals surface area (Å²) in [5.41, 5.74) is 4.87. The van der Waals surface area contributed by atoms with Gasteiger partial charge in [-0.3, -0.25) is 0 Å². The zero-order valence-electron chi connectivity index (χ0n) is 15.8. The minimum Gasteiger partial charge on any atom is -0.473 e. The number of hydrogen-bond acceptors (Lipinski definition) is 4. The zero-order valence-corrected chi connectivity index (χ0v) is 16.6. The van der Waals surface area contributed by atoms with Crippen LogP contribution in [-0.2, 0) is 6.54 Å². The van der Waals surface area contributed by atoms with Crippen molar-refractivity contribution in [3.63, 3.8) is 0 Å². The second kappa shape index (κ2) is 6.98. The van der Waals surface area contributed by atoms with Gasteiger partial charge in [-0.1, -0.05) is 48.0 Å². The Hall–Kier alpha value is -3.24. The van der Waals surface area contributed by atoms with Crippen LogP contribution in [-0.4, -0.2) is 6.73 Å². The Morgan fingerprint density at radius 2 is 1.83 bits per heavy atom. The third kappa shape index (κ3) is 3.15. The molecule has 1 aliphatic heterocycles. The van der Waals surface area contributed by atoms with Crippen LogP contribution >= 0.6 is 11.6 Å². The van der Waals surface area contributed by atoms with Gasteiger partial charge < -0.3 is 14.1 Å². The molecule has 1 aliphatic rings. The number of halogens is 1. The first-order valence-corrected chi connectivity index (χ1v) is 9.77. The van der Waals surface area contributed by atoms with E-state index in [9.17, 15) is 4.79 Å². The topological polar surface area (TPSA) is 42.7 Å². The SMILES string of the molecule is Cc1ccc(N2COc3ccc4c(-c5ccccc5)cc(=O)oc4c3C2)cc1Cl. The molecule has 0 spiro atoms. The van der Waals surface area contributed by atoms with Crippen LogP contribution in [0.15, 0.2) is 75.9 Å². The third-order valence-corrected chi connectivity index (χ3v) is 5.71. The smallest absolute Gasteiger partial charge is 0.336 e. The maximum absolute atomic E-state index is 12.4. The summed E-state index contributed by atoms with van der Waals surface area (Å²) < 4.78 is 11.6. The molecule has 0 atom stereocenters. The van der Waals surface area contributed by atoms with Crippen molar-refractivity contribution in [2.45, 2.75) is 13.5 Å². The highest BCUT2D eigenvalue weighted by Gasteiger charge is 2.23. The van der Waals surface area contributed by atoms with Gasteiger partial charge in [0.2, 0.25) is 0 Å². The van der Waals surface area contributed by atoms with Gasteiger partial charge >= 0.3 is 5.63 Å². The van der Waals surface area contributed by atoms with E-state index in [1.54, 1.807) is 6.07 Å². The van der Waals surface area contributed by atoms with Gasteiger partial charge in [-0.25, -0.2) is 4.79 Å². The molecule has 0 saturated carbocycles. The summed E-state index contributed by atoms with van der Waals surface area (Å²) in [5, 5.41) is 1.60. The first kappa shape index (κ1) is 17.8. The number of aryl methyl sites for hydroxylation is 1. The van der Waals surface area contributed by atoms with Crippen molar-refractivity contribution in [2.75, 3.05) is 11.6 Å². The number of anilines is 1. The normalized spacial score (nSPS) is 13.2. The van der Waals surface area contributed by atoms with Crippen molar-refractivity contribution in [2.24, 2.45) is 0 Å². The second-order valence-corrected chi connectivity index (χ2v) is 7.58. The molecule has 29 heavy (non-hydrogen) atoms. The van der Waals surface area contributed by atoms with Crippen LogP contribution in [0.1, 0.15) is 11.1 Å². The van der Waals surface area contributed by atoms with E-state index in [0.717, 1.165) is 39.1 Å². The van der Waals surface area contributed by atoms with Crippen molar-refractivity contribution in [1.29, 1.82) is 0 Å². The summed E-state index contributed by atoms with van der Waals surface area (Å²) in [5.74, 6) is 0.736. The van der Waals surface area contributed by atoms with Gasteiger partial charge in [-0.15, -0.1) is 0 Å². The molecule has 0 saturated heterocycles. The molecule has 0 radical (unpaired) electrons. The Labute approximate surface area is 172 Å². The maximum Gasteiger partial charge on any atom is 0.336 e. The highest BCUT2D eigenvalue weighted by Crippen LogP contribution is 2.37. The van der Waals surface area contributed by atoms with Crippen LogP contribution in [0.3, 0.4) is 0 Å². The lowest BCUT2D eigenvalue weighted by atomic mass is 9.99. The van der Waals surface area contributed by atoms with Gasteiger partial charge in [0.25, 0.3) is 0 Å². The Morgan fingerprint density at radius 3 is 2.62 bits per heavy atom. The van der Waals surface area contributed by atoms with E-state index >= 15 is 0 Å². The predicted octanol–water partition coefficient (Wildman–Crippen LogP) is 5.78. The average Bonchev–Trinajstić information content (AvgIpc) is 2.75. The molecular formula is C24H18ClNO3. The van der Waals surface area contributed by atoms with Crippen LogP contribution in [0.2, 0.25) is 5.02 Å². The number of rotatable bonds is 2. The Bertz CT molecular complexity index is 1280. The summed E-state index contributed by atoms with van der Waals surface area (Å²) in [7, 11) is 0. The van der Waals surface area contributed by atoms with Gasteiger partial charge in [0, 0.05) is 22.2 Å². The number of fused-ring (bicyclic) bond motifs is 3. The summed E-state index contributed by atoms with van der Waals surface area (Å²) in [4.78, 5) is 14.4. The summed E-state index contributed by atoms with van der Waals surface area (Å²) >= 11 is 6.31. The predicted molar refractivity (Wildman–Crippen MR) is 116 cm³/mol. The van der Waals surface area contributed by atoms with Gasteiger partial charge in [-0.05, 0) is 47.9 Å². The van der Waals surface area contributed by atoms with Crippen LogP contribution in [0.5, 0.6) is 5.75 Å². The Kier molecular flexibility index (Phi) is 4.29. The quantitative estimate of drug-likeness (QED) is 0.398. The molecule has 4 aromatic rings. The molecule has 2 heterocycles. The number of ether oxygens (including phenoxy) is 1. The average molecular weight is 404 g/mol. The fourth-order valence-electron chi connectivity index (χ4n) is 3.73. The molecular weight excluding hydrogens is 386 g/mol. The maximum atomic E-state index is 12.4. The largest absolute Gasteiger partial charge is 0.473 e. The molecule has 144 valence electrons. The summed E-state index contributed by atoms with van der Waals surface area (Å²) in [6, 6.07) is 21.2. The van der Waals surface area contributed by atoms with Crippen molar-refractivity contribution >= 4 is 28.3 Å². The number of nitrogens with zero attached hydrogens (tertiary/aromatic N) is 1. The summed E-state index contributed by atoms with van der Waals surface area (Å²) in [6.45, 7) is 2.94. The Morgan fingerprint density at radius 1 is 1.00 bits per heavy atom. The third-order valence-electron chi connectivity index (χ3n) is 5.30. The molecule has 0 amide bonds.